The molecule has 4 nitrogen and oxygen atoms in total. The molecule has 5 heteroatoms. The van der Waals surface area contributed by atoms with Crippen LogP contribution in [0.2, 0.25) is 5.02 Å². The van der Waals surface area contributed by atoms with Crippen molar-refractivity contribution in [2.75, 3.05) is 5.73 Å². The standard InChI is InChI=1S/C22H18ClN3O/c1-14-5-2-3-6-16(14)13-27-18-8-4-7-15(11-18)21-19-12-17(23)9-10-20(19)25-22(24)26-21/h2-12H,13H2,1H3,(H2,24,25,26). The fraction of sp³-hybridized carbons (Fsp3) is 0.0909. The van der Waals surface area contributed by atoms with Crippen LogP contribution in [0.15, 0.2) is 66.7 Å². The van der Waals surface area contributed by atoms with Gasteiger partial charge in [-0.1, -0.05) is 48.0 Å². The van der Waals surface area contributed by atoms with E-state index in [4.69, 9.17) is 22.1 Å². The summed E-state index contributed by atoms with van der Waals surface area (Å²) in [6.07, 6.45) is 0. The van der Waals surface area contributed by atoms with E-state index in [0.29, 0.717) is 11.6 Å². The fourth-order valence-electron chi connectivity index (χ4n) is 3.00. The topological polar surface area (TPSA) is 61.0 Å². The molecule has 0 aliphatic heterocycles. The summed E-state index contributed by atoms with van der Waals surface area (Å²) in [5, 5.41) is 1.48. The smallest absolute Gasteiger partial charge is 0.221 e. The van der Waals surface area contributed by atoms with Gasteiger partial charge in [-0.2, -0.15) is 0 Å². The zero-order valence-electron chi connectivity index (χ0n) is 14.8. The maximum Gasteiger partial charge on any atom is 0.221 e. The summed E-state index contributed by atoms with van der Waals surface area (Å²) in [4.78, 5) is 8.73. The van der Waals surface area contributed by atoms with E-state index in [9.17, 15) is 0 Å². The highest BCUT2D eigenvalue weighted by Gasteiger charge is 2.10. The molecule has 0 radical (unpaired) electrons. The number of halogens is 1. The summed E-state index contributed by atoms with van der Waals surface area (Å²) in [5.74, 6) is 0.995. The van der Waals surface area contributed by atoms with Crippen molar-refractivity contribution < 1.29 is 4.74 Å². The molecule has 4 rings (SSSR count). The van der Waals surface area contributed by atoms with Gasteiger partial charge in [0, 0.05) is 16.0 Å². The molecule has 3 aromatic carbocycles. The lowest BCUT2D eigenvalue weighted by Crippen LogP contribution is -1.99. The summed E-state index contributed by atoms with van der Waals surface area (Å²) in [5.41, 5.74) is 10.7. The predicted molar refractivity (Wildman–Crippen MR) is 110 cm³/mol. The van der Waals surface area contributed by atoms with Crippen molar-refractivity contribution in [3.8, 4) is 17.0 Å². The van der Waals surface area contributed by atoms with Gasteiger partial charge in [-0.05, 0) is 48.4 Å². The number of benzene rings is 3. The molecule has 4 aromatic rings. The number of aromatic nitrogens is 2. The predicted octanol–water partition coefficient (Wildman–Crippen LogP) is 5.42. The van der Waals surface area contributed by atoms with Gasteiger partial charge in [0.05, 0.1) is 11.2 Å². The van der Waals surface area contributed by atoms with Crippen LogP contribution in [0.1, 0.15) is 11.1 Å². The first-order valence-corrected chi connectivity index (χ1v) is 8.98. The Kier molecular flexibility index (Phi) is 4.65. The second-order valence-electron chi connectivity index (χ2n) is 6.33. The van der Waals surface area contributed by atoms with Crippen LogP contribution in [0.25, 0.3) is 22.2 Å². The summed E-state index contributed by atoms with van der Waals surface area (Å²) >= 11 is 6.17. The van der Waals surface area contributed by atoms with Crippen LogP contribution in [0.3, 0.4) is 0 Å². The monoisotopic (exact) mass is 375 g/mol. The maximum absolute atomic E-state index is 6.17. The Labute approximate surface area is 162 Å². The second kappa shape index (κ2) is 7.25. The Morgan fingerprint density at radius 1 is 0.963 bits per heavy atom. The van der Waals surface area contributed by atoms with E-state index in [1.807, 2.05) is 48.5 Å². The molecule has 0 amide bonds. The van der Waals surface area contributed by atoms with E-state index in [2.05, 4.69) is 29.0 Å². The lowest BCUT2D eigenvalue weighted by atomic mass is 10.1. The molecule has 0 aliphatic rings. The fourth-order valence-corrected chi connectivity index (χ4v) is 3.18. The number of hydrogen-bond donors (Lipinski definition) is 1. The number of nitrogens with two attached hydrogens (primary N) is 1. The minimum Gasteiger partial charge on any atom is -0.489 e. The third kappa shape index (κ3) is 3.71. The van der Waals surface area contributed by atoms with Crippen LogP contribution in [0.5, 0.6) is 5.75 Å². The van der Waals surface area contributed by atoms with Gasteiger partial charge < -0.3 is 10.5 Å². The number of ether oxygens (including phenoxy) is 1. The number of nitrogen functional groups attached to an aromatic ring is 1. The largest absolute Gasteiger partial charge is 0.489 e. The van der Waals surface area contributed by atoms with Crippen LogP contribution in [0.4, 0.5) is 5.95 Å². The van der Waals surface area contributed by atoms with Crippen LogP contribution in [-0.2, 0) is 6.61 Å². The SMILES string of the molecule is Cc1ccccc1COc1cccc(-c2nc(N)nc3ccc(Cl)cc23)c1. The van der Waals surface area contributed by atoms with E-state index >= 15 is 0 Å². The minimum absolute atomic E-state index is 0.228. The molecular formula is C22H18ClN3O. The third-order valence-electron chi connectivity index (χ3n) is 4.44. The maximum atomic E-state index is 6.17. The van der Waals surface area contributed by atoms with Crippen LogP contribution >= 0.6 is 11.6 Å². The molecule has 134 valence electrons. The lowest BCUT2D eigenvalue weighted by molar-refractivity contribution is 0.305. The van der Waals surface area contributed by atoms with Gasteiger partial charge in [-0.15, -0.1) is 0 Å². The van der Waals surface area contributed by atoms with Crippen molar-refractivity contribution in [2.45, 2.75) is 13.5 Å². The molecule has 0 spiro atoms. The Balaban J connectivity index is 1.70. The van der Waals surface area contributed by atoms with Crippen molar-refractivity contribution in [2.24, 2.45) is 0 Å². The second-order valence-corrected chi connectivity index (χ2v) is 6.77. The first-order valence-electron chi connectivity index (χ1n) is 8.61. The molecule has 0 aliphatic carbocycles. The summed E-state index contributed by atoms with van der Waals surface area (Å²) in [6.45, 7) is 2.59. The van der Waals surface area contributed by atoms with Crippen molar-refractivity contribution in [3.05, 3.63) is 82.9 Å². The Bertz CT molecular complexity index is 1130. The molecular weight excluding hydrogens is 358 g/mol. The first kappa shape index (κ1) is 17.3. The summed E-state index contributed by atoms with van der Waals surface area (Å²) in [6, 6.07) is 21.5. The Hall–Kier alpha value is -3.11. The number of aryl methyl sites for hydroxylation is 1. The number of hydrogen-bond acceptors (Lipinski definition) is 4. The van der Waals surface area contributed by atoms with Gasteiger partial charge in [0.15, 0.2) is 0 Å². The zero-order chi connectivity index (χ0) is 18.8. The Morgan fingerprint density at radius 3 is 2.67 bits per heavy atom. The van der Waals surface area contributed by atoms with E-state index in [0.717, 1.165) is 33.5 Å². The van der Waals surface area contributed by atoms with Crippen LogP contribution < -0.4 is 10.5 Å². The molecule has 1 heterocycles. The lowest BCUT2D eigenvalue weighted by Gasteiger charge is -2.11. The van der Waals surface area contributed by atoms with Gasteiger partial charge in [0.25, 0.3) is 0 Å². The average Bonchev–Trinajstić information content (AvgIpc) is 2.67. The van der Waals surface area contributed by atoms with Gasteiger partial charge in [-0.25, -0.2) is 9.97 Å². The quantitative estimate of drug-likeness (QED) is 0.517. The average molecular weight is 376 g/mol. The number of rotatable bonds is 4. The minimum atomic E-state index is 0.228. The summed E-state index contributed by atoms with van der Waals surface area (Å²) < 4.78 is 6.00. The van der Waals surface area contributed by atoms with E-state index in [-0.39, 0.29) is 5.95 Å². The molecule has 0 unspecified atom stereocenters. The van der Waals surface area contributed by atoms with Crippen molar-refractivity contribution in [3.63, 3.8) is 0 Å². The van der Waals surface area contributed by atoms with Crippen molar-refractivity contribution >= 4 is 28.5 Å². The third-order valence-corrected chi connectivity index (χ3v) is 4.67. The van der Waals surface area contributed by atoms with Crippen LogP contribution in [-0.4, -0.2) is 9.97 Å². The van der Waals surface area contributed by atoms with E-state index in [1.165, 1.54) is 5.56 Å². The van der Waals surface area contributed by atoms with E-state index in [1.54, 1.807) is 6.07 Å². The van der Waals surface area contributed by atoms with Gasteiger partial charge in [0.2, 0.25) is 5.95 Å². The molecule has 0 atom stereocenters. The molecule has 0 fully saturated rings. The molecule has 27 heavy (non-hydrogen) atoms. The zero-order valence-corrected chi connectivity index (χ0v) is 15.6. The highest BCUT2D eigenvalue weighted by molar-refractivity contribution is 6.31. The van der Waals surface area contributed by atoms with E-state index < -0.39 is 0 Å². The molecule has 0 saturated carbocycles. The van der Waals surface area contributed by atoms with Crippen molar-refractivity contribution in [1.29, 1.82) is 0 Å². The Morgan fingerprint density at radius 2 is 1.81 bits per heavy atom. The van der Waals surface area contributed by atoms with Crippen molar-refractivity contribution in [1.82, 2.24) is 9.97 Å². The molecule has 0 saturated heterocycles. The number of fused-ring (bicyclic) bond motifs is 1. The molecule has 2 N–H and O–H groups in total. The van der Waals surface area contributed by atoms with Gasteiger partial charge >= 0.3 is 0 Å². The summed E-state index contributed by atoms with van der Waals surface area (Å²) in [7, 11) is 0. The molecule has 0 bridgehead atoms. The van der Waals surface area contributed by atoms with Crippen LogP contribution in [0, 0.1) is 6.92 Å². The highest BCUT2D eigenvalue weighted by Crippen LogP contribution is 2.31. The first-order chi connectivity index (χ1) is 13.1. The normalized spacial score (nSPS) is 10.9. The molecule has 1 aromatic heterocycles. The number of nitrogens with zero attached hydrogens (tertiary/aromatic N) is 2. The van der Waals surface area contributed by atoms with Gasteiger partial charge in [0.1, 0.15) is 12.4 Å². The highest BCUT2D eigenvalue weighted by atomic mass is 35.5. The number of anilines is 1. The van der Waals surface area contributed by atoms with Gasteiger partial charge in [-0.3, -0.25) is 0 Å².